The van der Waals surface area contributed by atoms with E-state index in [2.05, 4.69) is 54.7 Å². The van der Waals surface area contributed by atoms with Gasteiger partial charge in [0.1, 0.15) is 0 Å². The molecule has 0 aliphatic carbocycles. The Morgan fingerprint density at radius 2 is 1.89 bits per heavy atom. The third-order valence-corrected chi connectivity index (χ3v) is 3.30. The molecule has 18 heavy (non-hydrogen) atoms. The van der Waals surface area contributed by atoms with Gasteiger partial charge in [0, 0.05) is 17.8 Å². The van der Waals surface area contributed by atoms with E-state index >= 15 is 0 Å². The van der Waals surface area contributed by atoms with Crippen molar-refractivity contribution in [1.29, 1.82) is 0 Å². The molecule has 0 radical (unpaired) electrons. The van der Waals surface area contributed by atoms with E-state index in [9.17, 15) is 0 Å². The van der Waals surface area contributed by atoms with Crippen LogP contribution in [0.1, 0.15) is 13.8 Å². The second-order valence-electron chi connectivity index (χ2n) is 4.96. The number of hydrogen-bond acceptors (Lipinski definition) is 2. The monoisotopic (exact) mass is 243 g/mol. The fourth-order valence-electron chi connectivity index (χ4n) is 2.08. The first-order valence-corrected chi connectivity index (χ1v) is 6.46. The minimum Gasteiger partial charge on any atom is -0.315 e. The van der Waals surface area contributed by atoms with Crippen LogP contribution in [-0.4, -0.2) is 22.9 Å². The highest BCUT2D eigenvalue weighted by atomic mass is 15.3. The minimum absolute atomic E-state index is 0.452. The van der Waals surface area contributed by atoms with Crippen LogP contribution in [-0.2, 0) is 6.54 Å². The van der Waals surface area contributed by atoms with E-state index in [0.717, 1.165) is 6.54 Å². The van der Waals surface area contributed by atoms with Crippen molar-refractivity contribution < 1.29 is 0 Å². The van der Waals surface area contributed by atoms with Gasteiger partial charge in [0.2, 0.25) is 0 Å². The first-order valence-electron chi connectivity index (χ1n) is 6.46. The van der Waals surface area contributed by atoms with E-state index < -0.39 is 0 Å². The summed E-state index contributed by atoms with van der Waals surface area (Å²) >= 11 is 0. The summed E-state index contributed by atoms with van der Waals surface area (Å²) in [7, 11) is 2.01. The molecule has 3 heteroatoms. The zero-order valence-corrected chi connectivity index (χ0v) is 11.3. The molecule has 0 bridgehead atoms. The number of likely N-dealkylation sites (N-methyl/N-ethyl adjacent to an activating group) is 1. The summed E-state index contributed by atoms with van der Waals surface area (Å²) in [6, 6.07) is 10.8. The topological polar surface area (TPSA) is 29.9 Å². The Morgan fingerprint density at radius 3 is 2.50 bits per heavy atom. The zero-order valence-electron chi connectivity index (χ0n) is 11.3. The molecule has 0 amide bonds. The van der Waals surface area contributed by atoms with Crippen molar-refractivity contribution in [3.8, 4) is 11.1 Å². The summed E-state index contributed by atoms with van der Waals surface area (Å²) in [5, 5.41) is 7.78. The molecule has 0 saturated carbocycles. The molecule has 1 unspecified atom stereocenters. The summed E-state index contributed by atoms with van der Waals surface area (Å²) in [4.78, 5) is 0. The molecule has 1 aromatic heterocycles. The highest BCUT2D eigenvalue weighted by molar-refractivity contribution is 5.61. The van der Waals surface area contributed by atoms with Gasteiger partial charge in [0.15, 0.2) is 0 Å². The van der Waals surface area contributed by atoms with E-state index in [1.807, 2.05) is 24.0 Å². The summed E-state index contributed by atoms with van der Waals surface area (Å²) in [6.45, 7) is 5.35. The number of hydrogen-bond donors (Lipinski definition) is 1. The molecule has 2 rings (SSSR count). The van der Waals surface area contributed by atoms with Gasteiger partial charge in [0.05, 0.1) is 12.7 Å². The van der Waals surface area contributed by atoms with Gasteiger partial charge in [0.25, 0.3) is 0 Å². The predicted molar refractivity (Wildman–Crippen MR) is 75.3 cm³/mol. The van der Waals surface area contributed by atoms with E-state index in [1.165, 1.54) is 11.1 Å². The second kappa shape index (κ2) is 5.83. The Morgan fingerprint density at radius 1 is 1.17 bits per heavy atom. The molecule has 0 spiro atoms. The molecular formula is C15H21N3. The van der Waals surface area contributed by atoms with Gasteiger partial charge in [-0.05, 0) is 18.5 Å². The molecule has 0 aliphatic heterocycles. The van der Waals surface area contributed by atoms with Crippen LogP contribution in [0.25, 0.3) is 11.1 Å². The SMILES string of the molecule is CNC(Cn1cc(-c2ccccc2)cn1)C(C)C. The quantitative estimate of drug-likeness (QED) is 0.875. The third kappa shape index (κ3) is 2.99. The third-order valence-electron chi connectivity index (χ3n) is 3.30. The van der Waals surface area contributed by atoms with Crippen LogP contribution in [0.2, 0.25) is 0 Å². The highest BCUT2D eigenvalue weighted by Crippen LogP contribution is 2.18. The predicted octanol–water partition coefficient (Wildman–Crippen LogP) is 2.79. The maximum absolute atomic E-state index is 4.44. The highest BCUT2D eigenvalue weighted by Gasteiger charge is 2.12. The average molecular weight is 243 g/mol. The van der Waals surface area contributed by atoms with Gasteiger partial charge < -0.3 is 5.32 Å². The molecule has 96 valence electrons. The summed E-state index contributed by atoms with van der Waals surface area (Å²) in [5.41, 5.74) is 2.39. The number of rotatable bonds is 5. The Hall–Kier alpha value is -1.61. The lowest BCUT2D eigenvalue weighted by Crippen LogP contribution is -2.35. The lowest BCUT2D eigenvalue weighted by molar-refractivity contribution is 0.363. The van der Waals surface area contributed by atoms with Gasteiger partial charge in [-0.2, -0.15) is 5.10 Å². The van der Waals surface area contributed by atoms with Gasteiger partial charge in [-0.25, -0.2) is 0 Å². The van der Waals surface area contributed by atoms with Crippen molar-refractivity contribution in [3.05, 3.63) is 42.7 Å². The van der Waals surface area contributed by atoms with Crippen molar-refractivity contribution in [2.75, 3.05) is 7.05 Å². The van der Waals surface area contributed by atoms with E-state index in [4.69, 9.17) is 0 Å². The molecule has 3 nitrogen and oxygen atoms in total. The summed E-state index contributed by atoms with van der Waals surface area (Å²) in [5.74, 6) is 0.597. The summed E-state index contributed by atoms with van der Waals surface area (Å²) < 4.78 is 2.02. The van der Waals surface area contributed by atoms with E-state index in [-0.39, 0.29) is 0 Å². The van der Waals surface area contributed by atoms with Crippen LogP contribution in [0, 0.1) is 5.92 Å². The smallest absolute Gasteiger partial charge is 0.0568 e. The lowest BCUT2D eigenvalue weighted by atomic mass is 10.1. The maximum Gasteiger partial charge on any atom is 0.0568 e. The van der Waals surface area contributed by atoms with Crippen LogP contribution in [0.15, 0.2) is 42.7 Å². The van der Waals surface area contributed by atoms with Gasteiger partial charge in [-0.1, -0.05) is 44.2 Å². The minimum atomic E-state index is 0.452. The number of nitrogens with one attached hydrogen (secondary N) is 1. The number of aromatic nitrogens is 2. The van der Waals surface area contributed by atoms with Crippen LogP contribution in [0.3, 0.4) is 0 Å². The Kier molecular flexibility index (Phi) is 4.15. The van der Waals surface area contributed by atoms with Crippen molar-refractivity contribution in [1.82, 2.24) is 15.1 Å². The molecule has 0 saturated heterocycles. The number of benzene rings is 1. The van der Waals surface area contributed by atoms with Crippen LogP contribution in [0.5, 0.6) is 0 Å². The second-order valence-corrected chi connectivity index (χ2v) is 4.96. The van der Waals surface area contributed by atoms with Gasteiger partial charge >= 0.3 is 0 Å². The fraction of sp³-hybridized carbons (Fsp3) is 0.400. The molecule has 1 atom stereocenters. The Labute approximate surface area is 109 Å². The molecule has 2 aromatic rings. The Bertz CT molecular complexity index is 473. The standard InChI is InChI=1S/C15H21N3/c1-12(2)15(16-3)11-18-10-14(9-17-18)13-7-5-4-6-8-13/h4-10,12,15-16H,11H2,1-3H3. The van der Waals surface area contributed by atoms with Gasteiger partial charge in [-0.15, -0.1) is 0 Å². The fourth-order valence-corrected chi connectivity index (χ4v) is 2.08. The largest absolute Gasteiger partial charge is 0.315 e. The molecular weight excluding hydrogens is 222 g/mol. The maximum atomic E-state index is 4.44. The zero-order chi connectivity index (χ0) is 13.0. The van der Waals surface area contributed by atoms with Crippen LogP contribution >= 0.6 is 0 Å². The van der Waals surface area contributed by atoms with Crippen molar-refractivity contribution in [2.45, 2.75) is 26.4 Å². The molecule has 1 heterocycles. The van der Waals surface area contributed by atoms with Crippen molar-refractivity contribution >= 4 is 0 Å². The van der Waals surface area contributed by atoms with Crippen LogP contribution < -0.4 is 5.32 Å². The normalized spacial score (nSPS) is 12.9. The first-order chi connectivity index (χ1) is 8.70. The van der Waals surface area contributed by atoms with Crippen LogP contribution in [0.4, 0.5) is 0 Å². The van der Waals surface area contributed by atoms with Crippen molar-refractivity contribution in [3.63, 3.8) is 0 Å². The van der Waals surface area contributed by atoms with E-state index in [0.29, 0.717) is 12.0 Å². The molecule has 1 aromatic carbocycles. The van der Waals surface area contributed by atoms with Crippen molar-refractivity contribution in [2.24, 2.45) is 5.92 Å². The summed E-state index contributed by atoms with van der Waals surface area (Å²) in [6.07, 6.45) is 4.05. The van der Waals surface area contributed by atoms with E-state index in [1.54, 1.807) is 0 Å². The van der Waals surface area contributed by atoms with Gasteiger partial charge in [-0.3, -0.25) is 4.68 Å². The molecule has 1 N–H and O–H groups in total. The lowest BCUT2D eigenvalue weighted by Gasteiger charge is -2.19. The average Bonchev–Trinajstić information content (AvgIpc) is 2.85. The first kappa shape index (κ1) is 12.8. The Balaban J connectivity index is 2.11. The molecule has 0 fully saturated rings. The molecule has 0 aliphatic rings. The number of nitrogens with zero attached hydrogens (tertiary/aromatic N) is 2.